The zero-order valence-corrected chi connectivity index (χ0v) is 12.0. The van der Waals surface area contributed by atoms with Gasteiger partial charge in [-0.15, -0.1) is 11.3 Å². The van der Waals surface area contributed by atoms with Crippen molar-refractivity contribution in [1.82, 2.24) is 9.55 Å². The Bertz CT molecular complexity index is 698. The maximum absolute atomic E-state index is 13.6. The van der Waals surface area contributed by atoms with Gasteiger partial charge < -0.3 is 4.74 Å². The van der Waals surface area contributed by atoms with E-state index in [0.717, 1.165) is 22.1 Å². The van der Waals surface area contributed by atoms with E-state index in [1.54, 1.807) is 19.1 Å². The lowest BCUT2D eigenvalue weighted by molar-refractivity contribution is 0.0973. The summed E-state index contributed by atoms with van der Waals surface area (Å²) < 4.78 is 19.8. The summed E-state index contributed by atoms with van der Waals surface area (Å²) in [6.07, 6.45) is 0.910. The Balaban J connectivity index is 2.24. The third-order valence-corrected chi connectivity index (χ3v) is 3.63. The Morgan fingerprint density at radius 1 is 1.55 bits per heavy atom. The van der Waals surface area contributed by atoms with Gasteiger partial charge in [-0.05, 0) is 19.1 Å². The normalized spacial score (nSPS) is 10.6. The van der Waals surface area contributed by atoms with Gasteiger partial charge in [0.15, 0.2) is 5.78 Å². The van der Waals surface area contributed by atoms with Gasteiger partial charge in [-0.3, -0.25) is 9.36 Å². The van der Waals surface area contributed by atoms with Gasteiger partial charge in [-0.25, -0.2) is 4.79 Å². The van der Waals surface area contributed by atoms with Crippen LogP contribution in [0, 0.1) is 5.82 Å². The summed E-state index contributed by atoms with van der Waals surface area (Å²) in [5.74, 6) is -1.49. The maximum Gasteiger partial charge on any atom is 0.351 e. The Morgan fingerprint density at radius 2 is 2.30 bits per heavy atom. The first kappa shape index (κ1) is 14.7. The SMILES string of the molecule is CCOc1nc(=O)n(CC(=O)c2ccc(Cl)s2)cc1F. The van der Waals surface area contributed by atoms with E-state index in [4.69, 9.17) is 16.3 Å². The van der Waals surface area contributed by atoms with Crippen molar-refractivity contribution in [2.75, 3.05) is 6.61 Å². The van der Waals surface area contributed by atoms with E-state index in [2.05, 4.69) is 4.98 Å². The maximum atomic E-state index is 13.6. The number of carbonyl (C=O) groups is 1. The molecule has 0 fully saturated rings. The molecule has 2 aromatic rings. The second-order valence-electron chi connectivity index (χ2n) is 3.76. The molecule has 0 bridgehead atoms. The average molecular weight is 317 g/mol. The molecule has 0 radical (unpaired) electrons. The molecule has 0 aliphatic carbocycles. The van der Waals surface area contributed by atoms with Gasteiger partial charge >= 0.3 is 5.69 Å². The number of ether oxygens (including phenoxy) is 1. The number of nitrogens with zero attached hydrogens (tertiary/aromatic N) is 2. The van der Waals surface area contributed by atoms with Crippen molar-refractivity contribution in [1.29, 1.82) is 0 Å². The molecule has 2 heterocycles. The zero-order valence-electron chi connectivity index (χ0n) is 10.4. The van der Waals surface area contributed by atoms with Crippen LogP contribution in [-0.4, -0.2) is 21.9 Å². The van der Waals surface area contributed by atoms with Gasteiger partial charge in [-0.1, -0.05) is 11.6 Å². The number of carbonyl (C=O) groups excluding carboxylic acids is 1. The summed E-state index contributed by atoms with van der Waals surface area (Å²) in [5.41, 5.74) is -0.745. The number of aromatic nitrogens is 2. The molecule has 8 heteroatoms. The van der Waals surface area contributed by atoms with E-state index >= 15 is 0 Å². The number of hydrogen-bond donors (Lipinski definition) is 0. The van der Waals surface area contributed by atoms with Crippen LogP contribution in [-0.2, 0) is 6.54 Å². The zero-order chi connectivity index (χ0) is 14.7. The van der Waals surface area contributed by atoms with Crippen LogP contribution in [0.1, 0.15) is 16.6 Å². The molecule has 0 amide bonds. The summed E-state index contributed by atoms with van der Waals surface area (Å²) in [7, 11) is 0. The highest BCUT2D eigenvalue weighted by molar-refractivity contribution is 7.18. The van der Waals surface area contributed by atoms with Gasteiger partial charge in [-0.2, -0.15) is 9.37 Å². The highest BCUT2D eigenvalue weighted by Gasteiger charge is 2.14. The van der Waals surface area contributed by atoms with E-state index in [9.17, 15) is 14.0 Å². The minimum absolute atomic E-state index is 0.194. The van der Waals surface area contributed by atoms with Crippen LogP contribution >= 0.6 is 22.9 Å². The van der Waals surface area contributed by atoms with Gasteiger partial charge in [0.25, 0.3) is 5.88 Å². The van der Waals surface area contributed by atoms with Crippen LogP contribution in [0.15, 0.2) is 23.1 Å². The molecule has 0 unspecified atom stereocenters. The first-order chi connectivity index (χ1) is 9.51. The van der Waals surface area contributed by atoms with Crippen molar-refractivity contribution in [3.8, 4) is 5.88 Å². The molecule has 2 rings (SSSR count). The number of thiophene rings is 1. The standard InChI is InChI=1S/C12H10ClFN2O3S/c1-2-19-11-7(14)5-16(12(18)15-11)6-8(17)9-3-4-10(13)20-9/h3-5H,2,6H2,1H3. The number of ketones is 1. The lowest BCUT2D eigenvalue weighted by Crippen LogP contribution is -2.27. The van der Waals surface area contributed by atoms with Gasteiger partial charge in [0.05, 0.1) is 28.6 Å². The van der Waals surface area contributed by atoms with E-state index in [-0.39, 0.29) is 24.8 Å². The monoisotopic (exact) mass is 316 g/mol. The first-order valence-electron chi connectivity index (χ1n) is 5.69. The Labute approximate surface area is 122 Å². The molecule has 106 valence electrons. The molecule has 5 nitrogen and oxygen atoms in total. The highest BCUT2D eigenvalue weighted by Crippen LogP contribution is 2.22. The third-order valence-electron chi connectivity index (χ3n) is 2.36. The predicted molar refractivity (Wildman–Crippen MR) is 73.3 cm³/mol. The van der Waals surface area contributed by atoms with Crippen molar-refractivity contribution >= 4 is 28.7 Å². The van der Waals surface area contributed by atoms with E-state index in [1.807, 2.05) is 0 Å². The van der Waals surface area contributed by atoms with E-state index in [0.29, 0.717) is 9.21 Å². The summed E-state index contributed by atoms with van der Waals surface area (Å²) in [5, 5.41) is 0. The molecule has 0 atom stereocenters. The third kappa shape index (κ3) is 3.23. The molecule has 0 saturated heterocycles. The number of hydrogen-bond acceptors (Lipinski definition) is 5. The average Bonchev–Trinajstić information content (AvgIpc) is 2.82. The van der Waals surface area contributed by atoms with Gasteiger partial charge in [0, 0.05) is 0 Å². The summed E-state index contributed by atoms with van der Waals surface area (Å²) in [6, 6.07) is 3.14. The molecule has 0 aliphatic heterocycles. The van der Waals surface area contributed by atoms with Crippen LogP contribution in [0.4, 0.5) is 4.39 Å². The fourth-order valence-electron chi connectivity index (χ4n) is 1.50. The van der Waals surface area contributed by atoms with Gasteiger partial charge in [0.1, 0.15) is 0 Å². The second kappa shape index (κ2) is 6.15. The van der Waals surface area contributed by atoms with Gasteiger partial charge in [0.2, 0.25) is 5.82 Å². The van der Waals surface area contributed by atoms with Crippen LogP contribution < -0.4 is 10.4 Å². The smallest absolute Gasteiger partial charge is 0.351 e. The quantitative estimate of drug-likeness (QED) is 0.795. The molecule has 0 aromatic carbocycles. The molecular weight excluding hydrogens is 307 g/mol. The molecule has 0 saturated carbocycles. The molecule has 2 aromatic heterocycles. The van der Waals surface area contributed by atoms with Crippen molar-refractivity contribution in [3.63, 3.8) is 0 Å². The molecule has 0 aliphatic rings. The second-order valence-corrected chi connectivity index (χ2v) is 5.48. The topological polar surface area (TPSA) is 61.2 Å². The molecule has 0 N–H and O–H groups in total. The number of Topliss-reactive ketones (excluding diaryl/α,β-unsaturated/α-hetero) is 1. The Morgan fingerprint density at radius 3 is 2.90 bits per heavy atom. The highest BCUT2D eigenvalue weighted by atomic mass is 35.5. The van der Waals surface area contributed by atoms with Crippen molar-refractivity contribution < 1.29 is 13.9 Å². The lowest BCUT2D eigenvalue weighted by Gasteiger charge is -2.06. The summed E-state index contributed by atoms with van der Waals surface area (Å²) in [4.78, 5) is 27.4. The fourth-order valence-corrected chi connectivity index (χ4v) is 2.47. The predicted octanol–water partition coefficient (Wildman–Crippen LogP) is 2.38. The van der Waals surface area contributed by atoms with E-state index in [1.165, 1.54) is 0 Å². The van der Waals surface area contributed by atoms with Crippen molar-refractivity contribution in [2.45, 2.75) is 13.5 Å². The summed E-state index contributed by atoms with van der Waals surface area (Å²) in [6.45, 7) is 1.54. The minimum atomic E-state index is -0.788. The van der Waals surface area contributed by atoms with Crippen molar-refractivity contribution in [2.24, 2.45) is 0 Å². The Kier molecular flexibility index (Phi) is 4.51. The van der Waals surface area contributed by atoms with E-state index < -0.39 is 11.5 Å². The van der Waals surface area contributed by atoms with Crippen LogP contribution in [0.5, 0.6) is 5.88 Å². The molecule has 0 spiro atoms. The largest absolute Gasteiger partial charge is 0.476 e. The summed E-state index contributed by atoms with van der Waals surface area (Å²) >= 11 is 6.83. The molecule has 20 heavy (non-hydrogen) atoms. The van der Waals surface area contributed by atoms with Crippen molar-refractivity contribution in [3.05, 3.63) is 43.8 Å². The van der Waals surface area contributed by atoms with Crippen LogP contribution in [0.25, 0.3) is 0 Å². The van der Waals surface area contributed by atoms with Crippen LogP contribution in [0.3, 0.4) is 0 Å². The first-order valence-corrected chi connectivity index (χ1v) is 6.89. The number of halogens is 2. The Hall–Kier alpha value is -1.73. The van der Waals surface area contributed by atoms with Crippen LogP contribution in [0.2, 0.25) is 4.34 Å². The molecular formula is C12H10ClFN2O3S. The number of rotatable bonds is 5. The minimum Gasteiger partial charge on any atom is -0.476 e. The fraction of sp³-hybridized carbons (Fsp3) is 0.250. The lowest BCUT2D eigenvalue weighted by atomic mass is 10.3.